The van der Waals surface area contributed by atoms with Gasteiger partial charge in [-0.3, -0.25) is 4.79 Å². The van der Waals surface area contributed by atoms with Crippen molar-refractivity contribution in [2.24, 2.45) is 11.7 Å². The van der Waals surface area contributed by atoms with E-state index >= 15 is 0 Å². The first-order valence-electron chi connectivity index (χ1n) is 7.72. The summed E-state index contributed by atoms with van der Waals surface area (Å²) in [5, 5.41) is 0. The van der Waals surface area contributed by atoms with Crippen molar-refractivity contribution in [2.75, 3.05) is 32.8 Å². The molecule has 1 amide bonds. The minimum Gasteiger partial charge on any atom is -0.491 e. The van der Waals surface area contributed by atoms with Crippen LogP contribution in [0.3, 0.4) is 0 Å². The van der Waals surface area contributed by atoms with Gasteiger partial charge >= 0.3 is 0 Å². The zero-order chi connectivity index (χ0) is 15.5. The molecule has 2 N–H and O–H groups in total. The van der Waals surface area contributed by atoms with Crippen LogP contribution in [0.4, 0.5) is 4.39 Å². The zero-order valence-corrected chi connectivity index (χ0v) is 12.5. The van der Waals surface area contributed by atoms with Crippen molar-refractivity contribution < 1.29 is 18.7 Å². The third kappa shape index (κ3) is 3.39. The fraction of sp³-hybridized carbons (Fsp3) is 0.562. The van der Waals surface area contributed by atoms with Gasteiger partial charge in [0.15, 0.2) is 0 Å². The van der Waals surface area contributed by atoms with Gasteiger partial charge in [-0.05, 0) is 37.0 Å². The number of amides is 1. The molecule has 22 heavy (non-hydrogen) atoms. The van der Waals surface area contributed by atoms with Crippen LogP contribution < -0.4 is 10.5 Å². The average Bonchev–Trinajstić information content (AvgIpc) is 3.38. The lowest BCUT2D eigenvalue weighted by Crippen LogP contribution is -2.46. The van der Waals surface area contributed by atoms with Gasteiger partial charge in [-0.2, -0.15) is 0 Å². The SMILES string of the molecule is NCCOc1ccc(F)cc1C(=O)N1CCO[C@H](C2CC2)C1. The molecule has 0 radical (unpaired) electrons. The number of nitrogens with zero attached hydrogens (tertiary/aromatic N) is 1. The summed E-state index contributed by atoms with van der Waals surface area (Å²) in [5.74, 6) is 0.290. The molecule has 2 fully saturated rings. The molecule has 1 aromatic rings. The van der Waals surface area contributed by atoms with Crippen LogP contribution >= 0.6 is 0 Å². The topological polar surface area (TPSA) is 64.8 Å². The molecule has 0 unspecified atom stereocenters. The smallest absolute Gasteiger partial charge is 0.257 e. The van der Waals surface area contributed by atoms with E-state index in [2.05, 4.69) is 0 Å². The molecule has 3 rings (SSSR count). The van der Waals surface area contributed by atoms with Crippen LogP contribution in [-0.2, 0) is 4.74 Å². The highest BCUT2D eigenvalue weighted by atomic mass is 19.1. The van der Waals surface area contributed by atoms with Gasteiger partial charge < -0.3 is 20.1 Å². The molecule has 5 nitrogen and oxygen atoms in total. The summed E-state index contributed by atoms with van der Waals surface area (Å²) < 4.78 is 24.7. The molecule has 6 heteroatoms. The molecule has 0 aromatic heterocycles. The molecule has 1 aliphatic carbocycles. The number of nitrogens with two attached hydrogens (primary N) is 1. The maximum Gasteiger partial charge on any atom is 0.257 e. The third-order valence-electron chi connectivity index (χ3n) is 4.08. The van der Waals surface area contributed by atoms with Crippen molar-refractivity contribution >= 4 is 5.91 Å². The van der Waals surface area contributed by atoms with Crippen LogP contribution in [0.2, 0.25) is 0 Å². The van der Waals surface area contributed by atoms with Crippen LogP contribution in [-0.4, -0.2) is 49.8 Å². The fourth-order valence-corrected chi connectivity index (χ4v) is 2.75. The minimum atomic E-state index is -0.449. The normalized spacial score (nSPS) is 21.7. The number of hydrogen-bond donors (Lipinski definition) is 1. The molecule has 0 spiro atoms. The molecular weight excluding hydrogens is 287 g/mol. The van der Waals surface area contributed by atoms with Gasteiger partial charge in [0.25, 0.3) is 5.91 Å². The molecule has 1 aromatic carbocycles. The van der Waals surface area contributed by atoms with Crippen LogP contribution in [0.5, 0.6) is 5.75 Å². The van der Waals surface area contributed by atoms with Gasteiger partial charge in [0.05, 0.1) is 18.3 Å². The maximum atomic E-state index is 13.5. The van der Waals surface area contributed by atoms with Gasteiger partial charge in [-0.25, -0.2) is 4.39 Å². The van der Waals surface area contributed by atoms with E-state index in [1.807, 2.05) is 0 Å². The Labute approximate surface area is 129 Å². The van der Waals surface area contributed by atoms with Crippen LogP contribution in [0.1, 0.15) is 23.2 Å². The molecule has 1 heterocycles. The molecule has 1 aliphatic heterocycles. The lowest BCUT2D eigenvalue weighted by molar-refractivity contribution is -0.0314. The highest BCUT2D eigenvalue weighted by Crippen LogP contribution is 2.36. The van der Waals surface area contributed by atoms with Crippen molar-refractivity contribution in [1.82, 2.24) is 4.90 Å². The van der Waals surface area contributed by atoms with Crippen LogP contribution in [0, 0.1) is 11.7 Å². The standard InChI is InChI=1S/C16H21FN2O3/c17-12-3-4-14(21-7-5-18)13(9-12)16(20)19-6-8-22-15(10-19)11-1-2-11/h3-4,9,11,15H,1-2,5-8,10,18H2/t15-/m0/s1. The maximum absolute atomic E-state index is 13.5. The molecule has 1 atom stereocenters. The fourth-order valence-electron chi connectivity index (χ4n) is 2.75. The molecule has 2 aliphatic rings. The van der Waals surface area contributed by atoms with E-state index in [4.69, 9.17) is 15.2 Å². The van der Waals surface area contributed by atoms with Crippen molar-refractivity contribution in [1.29, 1.82) is 0 Å². The number of ether oxygens (including phenoxy) is 2. The predicted molar refractivity (Wildman–Crippen MR) is 79.3 cm³/mol. The molecule has 1 saturated carbocycles. The van der Waals surface area contributed by atoms with Gasteiger partial charge in [0, 0.05) is 19.6 Å². The first-order chi connectivity index (χ1) is 10.7. The van der Waals surface area contributed by atoms with Crippen molar-refractivity contribution in [2.45, 2.75) is 18.9 Å². The number of carbonyl (C=O) groups excluding carboxylic acids is 1. The number of carbonyl (C=O) groups is 1. The van der Waals surface area contributed by atoms with E-state index in [0.717, 1.165) is 12.8 Å². The second-order valence-electron chi connectivity index (χ2n) is 5.78. The summed E-state index contributed by atoms with van der Waals surface area (Å²) in [4.78, 5) is 14.4. The molecule has 120 valence electrons. The number of rotatable bonds is 5. The first-order valence-corrected chi connectivity index (χ1v) is 7.72. The highest BCUT2D eigenvalue weighted by molar-refractivity contribution is 5.97. The van der Waals surface area contributed by atoms with Crippen molar-refractivity contribution in [3.05, 3.63) is 29.6 Å². The van der Waals surface area contributed by atoms with Crippen LogP contribution in [0.25, 0.3) is 0 Å². The Morgan fingerprint density at radius 1 is 1.45 bits per heavy atom. The minimum absolute atomic E-state index is 0.111. The largest absolute Gasteiger partial charge is 0.491 e. The molecular formula is C16H21FN2O3. The van der Waals surface area contributed by atoms with Gasteiger partial charge in [0.2, 0.25) is 0 Å². The third-order valence-corrected chi connectivity index (χ3v) is 4.08. The number of morpholine rings is 1. The monoisotopic (exact) mass is 308 g/mol. The Bertz CT molecular complexity index is 548. The quantitative estimate of drug-likeness (QED) is 0.893. The van der Waals surface area contributed by atoms with Gasteiger partial charge in [-0.15, -0.1) is 0 Å². The first kappa shape index (κ1) is 15.2. The summed E-state index contributed by atoms with van der Waals surface area (Å²) >= 11 is 0. The Hall–Kier alpha value is -1.66. The second-order valence-corrected chi connectivity index (χ2v) is 5.78. The molecule has 1 saturated heterocycles. The van der Waals surface area contributed by atoms with Crippen LogP contribution in [0.15, 0.2) is 18.2 Å². The van der Waals surface area contributed by atoms with Crippen molar-refractivity contribution in [3.63, 3.8) is 0 Å². The van der Waals surface area contributed by atoms with Crippen molar-refractivity contribution in [3.8, 4) is 5.75 Å². The van der Waals surface area contributed by atoms with E-state index in [1.54, 1.807) is 4.90 Å². The lowest BCUT2D eigenvalue weighted by Gasteiger charge is -2.33. The number of benzene rings is 1. The summed E-state index contributed by atoms with van der Waals surface area (Å²) in [6.45, 7) is 2.25. The Balaban J connectivity index is 1.76. The summed E-state index contributed by atoms with van der Waals surface area (Å²) in [6, 6.07) is 4.00. The zero-order valence-electron chi connectivity index (χ0n) is 12.5. The molecule has 0 bridgehead atoms. The van der Waals surface area contributed by atoms with E-state index < -0.39 is 5.82 Å². The average molecular weight is 308 g/mol. The van der Waals surface area contributed by atoms with E-state index in [-0.39, 0.29) is 17.6 Å². The van der Waals surface area contributed by atoms with E-state index in [1.165, 1.54) is 18.2 Å². The Morgan fingerprint density at radius 2 is 2.27 bits per heavy atom. The lowest BCUT2D eigenvalue weighted by atomic mass is 10.1. The van der Waals surface area contributed by atoms with Gasteiger partial charge in [-0.1, -0.05) is 0 Å². The second kappa shape index (κ2) is 6.62. The highest BCUT2D eigenvalue weighted by Gasteiger charge is 2.37. The number of halogens is 1. The summed E-state index contributed by atoms with van der Waals surface area (Å²) in [5.41, 5.74) is 5.68. The Kier molecular flexibility index (Phi) is 4.59. The van der Waals surface area contributed by atoms with E-state index in [9.17, 15) is 9.18 Å². The summed E-state index contributed by atoms with van der Waals surface area (Å²) in [7, 11) is 0. The summed E-state index contributed by atoms with van der Waals surface area (Å²) in [6.07, 6.45) is 2.44. The Morgan fingerprint density at radius 3 is 3.00 bits per heavy atom. The van der Waals surface area contributed by atoms with E-state index in [0.29, 0.717) is 44.5 Å². The predicted octanol–water partition coefficient (Wildman–Crippen LogP) is 1.41. The number of hydrogen-bond acceptors (Lipinski definition) is 4. The van der Waals surface area contributed by atoms with Gasteiger partial charge in [0.1, 0.15) is 18.2 Å².